The third kappa shape index (κ3) is 5.18. The van der Waals surface area contributed by atoms with Crippen molar-refractivity contribution in [3.8, 4) is 0 Å². The first-order chi connectivity index (χ1) is 8.03. The van der Waals surface area contributed by atoms with E-state index in [1.54, 1.807) is 0 Å². The minimum absolute atomic E-state index is 0. The van der Waals surface area contributed by atoms with Crippen LogP contribution in [-0.2, 0) is 30.7 Å². The Hall–Kier alpha value is -0.492. The number of carbonyl (C=O) groups is 2. The van der Waals surface area contributed by atoms with Crippen molar-refractivity contribution < 1.29 is 46.3 Å². The van der Waals surface area contributed by atoms with Crippen LogP contribution in [0.25, 0.3) is 0 Å². The van der Waals surface area contributed by atoms with Crippen LogP contribution in [0, 0.1) is 5.41 Å². The summed E-state index contributed by atoms with van der Waals surface area (Å²) in [6.07, 6.45) is 3.51. The molecule has 19 heavy (non-hydrogen) atoms. The van der Waals surface area contributed by atoms with Crippen LogP contribution in [-0.4, -0.2) is 36.5 Å². The summed E-state index contributed by atoms with van der Waals surface area (Å²) in [5, 5.41) is 23.7. The second-order valence-corrected chi connectivity index (χ2v) is 4.54. The molecular weight excluding hydrogens is 435 g/mol. The van der Waals surface area contributed by atoms with Gasteiger partial charge in [-0.25, -0.2) is 0 Å². The van der Waals surface area contributed by atoms with Crippen molar-refractivity contribution in [3.05, 3.63) is 0 Å². The number of carboxylic acids is 2. The Morgan fingerprint density at radius 2 is 1.74 bits per heavy atom. The van der Waals surface area contributed by atoms with Crippen LogP contribution in [0.2, 0.25) is 0 Å². The molecule has 1 aliphatic heterocycles. The van der Waals surface area contributed by atoms with Gasteiger partial charge in [0.25, 0.3) is 0 Å². The van der Waals surface area contributed by atoms with E-state index in [4.69, 9.17) is 5.73 Å². The minimum atomic E-state index is -1.67. The maximum absolute atomic E-state index is 10.2. The van der Waals surface area contributed by atoms with Gasteiger partial charge in [-0.05, 0) is 32.2 Å². The fourth-order valence-electron chi connectivity index (χ4n) is 1.98. The summed E-state index contributed by atoms with van der Waals surface area (Å²) in [4.78, 5) is 20.4. The molecule has 1 saturated carbocycles. The first-order valence-corrected chi connectivity index (χ1v) is 5.89. The molecule has 0 amide bonds. The zero-order chi connectivity index (χ0) is 12.9. The molecule has 0 aromatic carbocycles. The van der Waals surface area contributed by atoms with E-state index in [0.717, 1.165) is 6.54 Å². The van der Waals surface area contributed by atoms with E-state index in [-0.39, 0.29) is 39.4 Å². The number of carboxylic acid groups (broad SMARTS) is 2. The number of hydrogen-bond donors (Lipinski definition) is 2. The largest absolute Gasteiger partial charge is 2.00 e. The zero-order valence-electron chi connectivity index (χ0n) is 10.6. The Kier molecular flexibility index (Phi) is 10.3. The number of nitrogens with one attached hydrogen (secondary N) is 1. The Labute approximate surface area is 126 Å². The number of hydrogen-bond acceptors (Lipinski definition) is 6. The maximum Gasteiger partial charge on any atom is 2.00 e. The zero-order valence-corrected chi connectivity index (χ0v) is 12.8. The molecule has 0 radical (unpaired) electrons. The van der Waals surface area contributed by atoms with E-state index < -0.39 is 17.4 Å². The van der Waals surface area contributed by atoms with Crippen LogP contribution >= 0.6 is 0 Å². The van der Waals surface area contributed by atoms with Gasteiger partial charge in [0, 0.05) is 18.0 Å². The summed E-state index contributed by atoms with van der Waals surface area (Å²) in [7, 11) is 0. The Balaban J connectivity index is 0. The van der Waals surface area contributed by atoms with Gasteiger partial charge in [-0.2, -0.15) is 0 Å². The van der Waals surface area contributed by atoms with Gasteiger partial charge in [-0.15, -0.1) is 0 Å². The van der Waals surface area contributed by atoms with Crippen molar-refractivity contribution in [2.45, 2.75) is 38.1 Å². The molecule has 1 heterocycles. The van der Waals surface area contributed by atoms with Crippen molar-refractivity contribution in [3.63, 3.8) is 0 Å². The molecule has 7 nitrogen and oxygen atoms in total. The number of carbonyl (C=O) groups excluding carboxylic acids is 2. The van der Waals surface area contributed by atoms with Gasteiger partial charge < -0.3 is 36.3 Å². The second kappa shape index (κ2) is 9.42. The summed E-state index contributed by atoms with van der Waals surface area (Å²) in [5.41, 5.74) is 3.70. The Morgan fingerprint density at radius 1 is 1.21 bits per heavy atom. The third-order valence-electron chi connectivity index (χ3n) is 3.44. The van der Waals surface area contributed by atoms with Gasteiger partial charge >= 0.3 is 21.1 Å². The van der Waals surface area contributed by atoms with E-state index in [1.807, 2.05) is 0 Å². The molecule has 0 bridgehead atoms. The SMILES string of the molecule is NC[C@H]1CCCN1.O.O=C([O-])C1(C(=O)[O-])CCC1.[Pt+2]. The molecule has 2 rings (SSSR count). The molecule has 0 spiro atoms. The van der Waals surface area contributed by atoms with Gasteiger partial charge in [0.1, 0.15) is 0 Å². The van der Waals surface area contributed by atoms with E-state index in [9.17, 15) is 19.8 Å². The van der Waals surface area contributed by atoms with E-state index in [1.165, 1.54) is 19.4 Å². The Morgan fingerprint density at radius 3 is 1.84 bits per heavy atom. The van der Waals surface area contributed by atoms with Crippen LogP contribution in [0.3, 0.4) is 0 Å². The van der Waals surface area contributed by atoms with Crippen LogP contribution in [0.5, 0.6) is 0 Å². The number of rotatable bonds is 3. The topological polar surface area (TPSA) is 150 Å². The van der Waals surface area contributed by atoms with Gasteiger partial charge in [-0.1, -0.05) is 6.42 Å². The fourth-order valence-corrected chi connectivity index (χ4v) is 1.98. The smallest absolute Gasteiger partial charge is 0.549 e. The predicted octanol–water partition coefficient (Wildman–Crippen LogP) is -3.47. The molecule has 0 unspecified atom stereocenters. The molecule has 8 heteroatoms. The molecule has 114 valence electrons. The van der Waals surface area contributed by atoms with E-state index in [0.29, 0.717) is 12.5 Å². The molecule has 1 aliphatic carbocycles. The summed E-state index contributed by atoms with van der Waals surface area (Å²) in [6, 6.07) is 0.625. The van der Waals surface area contributed by atoms with Gasteiger partial charge in [0.2, 0.25) is 0 Å². The Bertz CT molecular complexity index is 275. The first kappa shape index (κ1) is 20.8. The summed E-state index contributed by atoms with van der Waals surface area (Å²) in [5.74, 6) is -3.03. The average Bonchev–Trinajstić information content (AvgIpc) is 2.67. The molecule has 0 aromatic rings. The van der Waals surface area contributed by atoms with Gasteiger partial charge in [0.05, 0.1) is 11.9 Å². The number of nitrogens with two attached hydrogens (primary N) is 1. The van der Waals surface area contributed by atoms with E-state index >= 15 is 0 Å². The summed E-state index contributed by atoms with van der Waals surface area (Å²) >= 11 is 0. The van der Waals surface area contributed by atoms with Crippen molar-refractivity contribution in [1.29, 1.82) is 0 Å². The molecule has 5 N–H and O–H groups in total. The molecule has 0 aromatic heterocycles. The summed E-state index contributed by atoms with van der Waals surface area (Å²) in [6.45, 7) is 1.97. The predicted molar refractivity (Wildman–Crippen MR) is 60.0 cm³/mol. The van der Waals surface area contributed by atoms with Crippen LogP contribution in [0.4, 0.5) is 0 Å². The molecule has 1 saturated heterocycles. The monoisotopic (exact) mass is 455 g/mol. The van der Waals surface area contributed by atoms with Crippen molar-refractivity contribution in [2.75, 3.05) is 13.1 Å². The quantitative estimate of drug-likeness (QED) is 0.422. The normalized spacial score (nSPS) is 22.7. The van der Waals surface area contributed by atoms with Crippen molar-refractivity contribution in [1.82, 2.24) is 5.32 Å². The van der Waals surface area contributed by atoms with Crippen LogP contribution in [0.15, 0.2) is 0 Å². The maximum atomic E-state index is 10.2. The second-order valence-electron chi connectivity index (χ2n) is 4.54. The minimum Gasteiger partial charge on any atom is -0.549 e. The van der Waals surface area contributed by atoms with Gasteiger partial charge in [0.15, 0.2) is 0 Å². The van der Waals surface area contributed by atoms with Crippen LogP contribution in [0.1, 0.15) is 32.1 Å². The third-order valence-corrected chi connectivity index (χ3v) is 3.44. The average molecular weight is 455 g/mol. The number of aliphatic carboxylic acids is 2. The first-order valence-electron chi connectivity index (χ1n) is 5.89. The molecular formula is C11H20N2O5Pt. The van der Waals surface area contributed by atoms with Gasteiger partial charge in [-0.3, -0.25) is 0 Å². The van der Waals surface area contributed by atoms with E-state index in [2.05, 4.69) is 5.32 Å². The molecule has 2 aliphatic rings. The fraction of sp³-hybridized carbons (Fsp3) is 0.818. The van der Waals surface area contributed by atoms with Crippen LogP contribution < -0.4 is 21.3 Å². The van der Waals surface area contributed by atoms with Crippen molar-refractivity contribution in [2.24, 2.45) is 11.1 Å². The van der Waals surface area contributed by atoms with Crippen molar-refractivity contribution >= 4 is 11.9 Å². The molecule has 2 fully saturated rings. The summed E-state index contributed by atoms with van der Waals surface area (Å²) < 4.78 is 0. The standard InChI is InChI=1S/C6H8O4.C5H12N2.H2O.Pt/c7-4(8)6(5(9)10)2-1-3-6;6-4-5-2-1-3-7-5;;/h1-3H2,(H,7,8)(H,9,10);5,7H,1-4,6H2;1H2;/q;;;+2/p-2/t;5-;;/m.1../s1. The molecule has 1 atom stereocenters.